The summed E-state index contributed by atoms with van der Waals surface area (Å²) in [7, 11) is 0. The number of thiazole rings is 1. The monoisotopic (exact) mass is 441 g/mol. The fourth-order valence-corrected chi connectivity index (χ4v) is 3.77. The molecule has 0 aliphatic rings. The zero-order chi connectivity index (χ0) is 21.9. The number of carbonyl (C=O) groups is 2. The quantitative estimate of drug-likeness (QED) is 0.343. The molecule has 31 heavy (non-hydrogen) atoms. The van der Waals surface area contributed by atoms with Crippen LogP contribution in [-0.4, -0.2) is 30.0 Å². The topological polar surface area (TPSA) is 89.6 Å². The summed E-state index contributed by atoms with van der Waals surface area (Å²) in [6, 6.07) is 14.6. The third-order valence-electron chi connectivity index (χ3n) is 4.50. The van der Waals surface area contributed by atoms with Crippen LogP contribution in [0, 0.1) is 0 Å². The Hall–Kier alpha value is -2.97. The molecule has 1 aromatic heterocycles. The van der Waals surface area contributed by atoms with Crippen LogP contribution in [0.5, 0.6) is 5.75 Å². The lowest BCUT2D eigenvalue weighted by Gasteiger charge is -2.09. The molecule has 0 bridgehead atoms. The van der Waals surface area contributed by atoms with Gasteiger partial charge in [-0.2, -0.15) is 0 Å². The summed E-state index contributed by atoms with van der Waals surface area (Å²) < 4.78 is 12.1. The SMILES string of the molecule is CCCCCCOc1ccc(C(=O)NNC(=O)COCc2nc3ccccc3s2)cc1. The van der Waals surface area contributed by atoms with Gasteiger partial charge in [0, 0.05) is 5.56 Å². The van der Waals surface area contributed by atoms with Gasteiger partial charge in [0.1, 0.15) is 17.4 Å². The molecule has 0 aliphatic heterocycles. The number of ether oxygens (including phenoxy) is 2. The number of hydrogen-bond donors (Lipinski definition) is 2. The maximum atomic E-state index is 12.2. The van der Waals surface area contributed by atoms with E-state index in [2.05, 4.69) is 22.8 Å². The number of rotatable bonds is 11. The third kappa shape index (κ3) is 7.34. The maximum absolute atomic E-state index is 12.2. The molecule has 8 heteroatoms. The lowest BCUT2D eigenvalue weighted by molar-refractivity contribution is -0.126. The summed E-state index contributed by atoms with van der Waals surface area (Å²) in [6.07, 6.45) is 4.57. The fraction of sp³-hybridized carbons (Fsp3) is 0.348. The van der Waals surface area contributed by atoms with Crippen LogP contribution in [0.2, 0.25) is 0 Å². The highest BCUT2D eigenvalue weighted by atomic mass is 32.1. The second-order valence-electron chi connectivity index (χ2n) is 7.00. The largest absolute Gasteiger partial charge is 0.494 e. The molecule has 164 valence electrons. The molecule has 3 rings (SSSR count). The van der Waals surface area contributed by atoms with Gasteiger partial charge < -0.3 is 9.47 Å². The first-order valence-corrected chi connectivity index (χ1v) is 11.2. The van der Waals surface area contributed by atoms with E-state index in [9.17, 15) is 9.59 Å². The standard InChI is InChI=1S/C23H27N3O4S/c1-2-3-4-7-14-30-18-12-10-17(11-13-18)23(28)26-25-21(27)15-29-16-22-24-19-8-5-6-9-20(19)31-22/h5-6,8-13H,2-4,7,14-16H2,1H3,(H,25,27)(H,26,28). The molecule has 0 fully saturated rings. The minimum atomic E-state index is -0.443. The van der Waals surface area contributed by atoms with Gasteiger partial charge in [0.05, 0.1) is 23.4 Å². The Morgan fingerprint density at radius 3 is 2.58 bits per heavy atom. The number of para-hydroxylation sites is 1. The molecule has 0 aliphatic carbocycles. The molecule has 0 atom stereocenters. The first-order chi connectivity index (χ1) is 15.2. The molecular formula is C23H27N3O4S. The molecule has 3 aromatic rings. The number of carbonyl (C=O) groups excluding carboxylic acids is 2. The van der Waals surface area contributed by atoms with Crippen LogP contribution in [0.25, 0.3) is 10.2 Å². The van der Waals surface area contributed by atoms with Gasteiger partial charge >= 0.3 is 0 Å². The minimum Gasteiger partial charge on any atom is -0.494 e. The molecule has 0 spiro atoms. The molecule has 0 radical (unpaired) electrons. The van der Waals surface area contributed by atoms with Crippen LogP contribution in [0.1, 0.15) is 48.0 Å². The van der Waals surface area contributed by atoms with Crippen molar-refractivity contribution < 1.29 is 19.1 Å². The van der Waals surface area contributed by atoms with E-state index in [4.69, 9.17) is 9.47 Å². The van der Waals surface area contributed by atoms with Crippen molar-refractivity contribution in [2.24, 2.45) is 0 Å². The van der Waals surface area contributed by atoms with E-state index >= 15 is 0 Å². The van der Waals surface area contributed by atoms with Crippen LogP contribution in [0.15, 0.2) is 48.5 Å². The summed E-state index contributed by atoms with van der Waals surface area (Å²) in [6.45, 7) is 2.89. The molecule has 2 amide bonds. The van der Waals surface area contributed by atoms with Crippen LogP contribution in [0.3, 0.4) is 0 Å². The van der Waals surface area contributed by atoms with Crippen molar-refractivity contribution in [3.63, 3.8) is 0 Å². The predicted octanol–water partition coefficient (Wildman–Crippen LogP) is 4.23. The van der Waals surface area contributed by atoms with Gasteiger partial charge in [-0.05, 0) is 42.8 Å². The number of fused-ring (bicyclic) bond motifs is 1. The number of benzene rings is 2. The first-order valence-electron chi connectivity index (χ1n) is 10.4. The number of hydrazine groups is 1. The van der Waals surface area contributed by atoms with Gasteiger partial charge in [-0.25, -0.2) is 4.98 Å². The molecule has 0 saturated heterocycles. The van der Waals surface area contributed by atoms with E-state index in [0.717, 1.165) is 33.8 Å². The Bertz CT molecular complexity index is 955. The second kappa shape index (κ2) is 12.0. The lowest BCUT2D eigenvalue weighted by atomic mass is 10.2. The molecule has 0 saturated carbocycles. The summed E-state index contributed by atoms with van der Waals surface area (Å²) >= 11 is 1.53. The van der Waals surface area contributed by atoms with E-state index in [1.54, 1.807) is 24.3 Å². The van der Waals surface area contributed by atoms with E-state index in [1.165, 1.54) is 24.2 Å². The van der Waals surface area contributed by atoms with Crippen LogP contribution >= 0.6 is 11.3 Å². The van der Waals surface area contributed by atoms with Crippen molar-refractivity contribution in [1.82, 2.24) is 15.8 Å². The first kappa shape index (κ1) is 22.7. The third-order valence-corrected chi connectivity index (χ3v) is 5.51. The van der Waals surface area contributed by atoms with Crippen molar-refractivity contribution in [2.45, 2.75) is 39.2 Å². The lowest BCUT2D eigenvalue weighted by Crippen LogP contribution is -2.43. The summed E-state index contributed by atoms with van der Waals surface area (Å²) in [5.74, 6) is -0.129. The number of aromatic nitrogens is 1. The van der Waals surface area contributed by atoms with Gasteiger partial charge in [-0.1, -0.05) is 38.3 Å². The van der Waals surface area contributed by atoms with Crippen molar-refractivity contribution in [3.8, 4) is 5.75 Å². The normalized spacial score (nSPS) is 10.7. The zero-order valence-corrected chi connectivity index (χ0v) is 18.4. The van der Waals surface area contributed by atoms with Crippen molar-refractivity contribution in [2.75, 3.05) is 13.2 Å². The Labute approximate surface area is 185 Å². The summed E-state index contributed by atoms with van der Waals surface area (Å²) in [5.41, 5.74) is 6.07. The Kier molecular flexibility index (Phi) is 8.81. The average Bonchev–Trinajstić information content (AvgIpc) is 3.20. The van der Waals surface area contributed by atoms with Crippen molar-refractivity contribution >= 4 is 33.4 Å². The van der Waals surface area contributed by atoms with Crippen molar-refractivity contribution in [3.05, 3.63) is 59.1 Å². The van der Waals surface area contributed by atoms with Crippen LogP contribution in [0.4, 0.5) is 0 Å². The molecule has 7 nitrogen and oxygen atoms in total. The van der Waals surface area contributed by atoms with Gasteiger partial charge in [0.2, 0.25) is 0 Å². The predicted molar refractivity (Wildman–Crippen MR) is 121 cm³/mol. The zero-order valence-electron chi connectivity index (χ0n) is 17.6. The van der Waals surface area contributed by atoms with Crippen molar-refractivity contribution in [1.29, 1.82) is 0 Å². The highest BCUT2D eigenvalue weighted by Gasteiger charge is 2.09. The average molecular weight is 442 g/mol. The molecule has 1 heterocycles. The molecular weight excluding hydrogens is 414 g/mol. The summed E-state index contributed by atoms with van der Waals surface area (Å²) in [5, 5.41) is 0.797. The number of amides is 2. The van der Waals surface area contributed by atoms with E-state index < -0.39 is 11.8 Å². The second-order valence-corrected chi connectivity index (χ2v) is 8.12. The Morgan fingerprint density at radius 1 is 1.00 bits per heavy atom. The van der Waals surface area contributed by atoms with Crippen LogP contribution < -0.4 is 15.6 Å². The number of nitrogens with one attached hydrogen (secondary N) is 2. The minimum absolute atomic E-state index is 0.180. The molecule has 2 N–H and O–H groups in total. The Balaban J connectivity index is 1.34. The highest BCUT2D eigenvalue weighted by Crippen LogP contribution is 2.21. The summed E-state index contributed by atoms with van der Waals surface area (Å²) in [4.78, 5) is 28.5. The maximum Gasteiger partial charge on any atom is 0.269 e. The van der Waals surface area contributed by atoms with Gasteiger partial charge in [-0.3, -0.25) is 20.4 Å². The van der Waals surface area contributed by atoms with E-state index in [0.29, 0.717) is 12.2 Å². The van der Waals surface area contributed by atoms with E-state index in [1.807, 2.05) is 24.3 Å². The van der Waals surface area contributed by atoms with Gasteiger partial charge in [0.15, 0.2) is 0 Å². The number of nitrogens with zero attached hydrogens (tertiary/aromatic N) is 1. The molecule has 2 aromatic carbocycles. The molecule has 0 unspecified atom stereocenters. The van der Waals surface area contributed by atoms with Gasteiger partial charge in [-0.15, -0.1) is 11.3 Å². The number of hydrogen-bond acceptors (Lipinski definition) is 6. The van der Waals surface area contributed by atoms with Crippen LogP contribution in [-0.2, 0) is 16.1 Å². The smallest absolute Gasteiger partial charge is 0.269 e. The van der Waals surface area contributed by atoms with Gasteiger partial charge in [0.25, 0.3) is 11.8 Å². The fourth-order valence-electron chi connectivity index (χ4n) is 2.87. The number of unbranched alkanes of at least 4 members (excludes halogenated alkanes) is 3. The Morgan fingerprint density at radius 2 is 1.81 bits per heavy atom. The highest BCUT2D eigenvalue weighted by molar-refractivity contribution is 7.18. The van der Waals surface area contributed by atoms with E-state index in [-0.39, 0.29) is 13.2 Å².